The van der Waals surface area contributed by atoms with Gasteiger partial charge in [-0.05, 0) is 23.8 Å². The summed E-state index contributed by atoms with van der Waals surface area (Å²) in [6, 6.07) is 10.2. The number of halogens is 1. The Kier molecular flexibility index (Phi) is 3.42. The maximum absolute atomic E-state index is 13.9. The molecular weight excluding hydrogens is 293 g/mol. The van der Waals surface area contributed by atoms with Crippen LogP contribution in [0.3, 0.4) is 0 Å². The SMILES string of the molecule is O=c1cc(CN2CC(c3cccnc3)C2)[nH]c2c(F)cccc12. The molecule has 1 aliphatic rings. The minimum atomic E-state index is -0.390. The zero-order valence-electron chi connectivity index (χ0n) is 12.5. The van der Waals surface area contributed by atoms with E-state index in [1.54, 1.807) is 24.4 Å². The van der Waals surface area contributed by atoms with Crippen molar-refractivity contribution >= 4 is 10.9 Å². The van der Waals surface area contributed by atoms with Gasteiger partial charge in [0.1, 0.15) is 5.82 Å². The minimum absolute atomic E-state index is 0.141. The molecule has 0 radical (unpaired) electrons. The summed E-state index contributed by atoms with van der Waals surface area (Å²) < 4.78 is 13.9. The highest BCUT2D eigenvalue weighted by Gasteiger charge is 2.28. The quantitative estimate of drug-likeness (QED) is 0.809. The summed E-state index contributed by atoms with van der Waals surface area (Å²) in [4.78, 5) is 21.5. The molecular formula is C18H16FN3O. The molecule has 3 aromatic rings. The summed E-state index contributed by atoms with van der Waals surface area (Å²) in [5, 5.41) is 0.394. The lowest BCUT2D eigenvalue weighted by Gasteiger charge is -2.39. The van der Waals surface area contributed by atoms with Crippen LogP contribution in [0.4, 0.5) is 4.39 Å². The lowest BCUT2D eigenvalue weighted by Crippen LogP contribution is -2.44. The van der Waals surface area contributed by atoms with E-state index in [0.29, 0.717) is 23.4 Å². The zero-order valence-corrected chi connectivity index (χ0v) is 12.5. The molecule has 0 saturated carbocycles. The molecule has 0 spiro atoms. The number of benzene rings is 1. The predicted molar refractivity (Wildman–Crippen MR) is 86.8 cm³/mol. The van der Waals surface area contributed by atoms with Crippen molar-refractivity contribution in [2.24, 2.45) is 0 Å². The molecule has 23 heavy (non-hydrogen) atoms. The number of para-hydroxylation sites is 1. The van der Waals surface area contributed by atoms with Crippen molar-refractivity contribution in [3.63, 3.8) is 0 Å². The van der Waals surface area contributed by atoms with Gasteiger partial charge in [0.2, 0.25) is 0 Å². The summed E-state index contributed by atoms with van der Waals surface area (Å²) in [6.07, 6.45) is 3.67. The number of aromatic nitrogens is 2. The number of fused-ring (bicyclic) bond motifs is 1. The van der Waals surface area contributed by atoms with Crippen LogP contribution in [0, 0.1) is 5.82 Å². The van der Waals surface area contributed by atoms with E-state index in [4.69, 9.17) is 0 Å². The van der Waals surface area contributed by atoms with E-state index in [-0.39, 0.29) is 5.43 Å². The predicted octanol–water partition coefficient (Wildman–Crippen LogP) is 2.66. The number of rotatable bonds is 3. The standard InChI is InChI=1S/C18H16FN3O/c19-16-5-1-4-15-17(23)7-14(21-18(15)16)11-22-9-13(10-22)12-3-2-6-20-8-12/h1-8,13H,9-11H2,(H,21,23). The smallest absolute Gasteiger partial charge is 0.189 e. The largest absolute Gasteiger partial charge is 0.355 e. The van der Waals surface area contributed by atoms with Crippen LogP contribution in [0.5, 0.6) is 0 Å². The molecule has 116 valence electrons. The highest BCUT2D eigenvalue weighted by molar-refractivity contribution is 5.78. The zero-order chi connectivity index (χ0) is 15.8. The molecule has 4 rings (SSSR count). The van der Waals surface area contributed by atoms with Gasteiger partial charge in [0, 0.05) is 55.1 Å². The van der Waals surface area contributed by atoms with Gasteiger partial charge in [-0.1, -0.05) is 12.1 Å². The molecule has 1 N–H and O–H groups in total. The Labute approximate surface area is 132 Å². The van der Waals surface area contributed by atoms with Gasteiger partial charge < -0.3 is 4.98 Å². The fourth-order valence-corrected chi connectivity index (χ4v) is 3.14. The highest BCUT2D eigenvalue weighted by Crippen LogP contribution is 2.27. The molecule has 0 atom stereocenters. The van der Waals surface area contributed by atoms with E-state index < -0.39 is 5.82 Å². The molecule has 3 heterocycles. The third kappa shape index (κ3) is 2.64. The average Bonchev–Trinajstić information content (AvgIpc) is 2.52. The van der Waals surface area contributed by atoms with Gasteiger partial charge in [-0.25, -0.2) is 4.39 Å². The first-order valence-corrected chi connectivity index (χ1v) is 7.63. The van der Waals surface area contributed by atoms with Crippen LogP contribution in [-0.4, -0.2) is 28.0 Å². The normalized spacial score (nSPS) is 15.7. The third-order valence-corrected chi connectivity index (χ3v) is 4.38. The van der Waals surface area contributed by atoms with E-state index in [0.717, 1.165) is 18.8 Å². The summed E-state index contributed by atoms with van der Waals surface area (Å²) in [5.41, 5.74) is 2.14. The second-order valence-corrected chi connectivity index (χ2v) is 6.00. The van der Waals surface area contributed by atoms with E-state index in [1.807, 2.05) is 12.3 Å². The molecule has 0 aliphatic carbocycles. The van der Waals surface area contributed by atoms with Crippen molar-refractivity contribution in [1.82, 2.24) is 14.9 Å². The number of aromatic amines is 1. The van der Waals surface area contributed by atoms with E-state index >= 15 is 0 Å². The number of nitrogens with zero attached hydrogens (tertiary/aromatic N) is 2. The van der Waals surface area contributed by atoms with E-state index in [1.165, 1.54) is 11.6 Å². The van der Waals surface area contributed by atoms with Crippen LogP contribution in [0.1, 0.15) is 17.2 Å². The molecule has 0 bridgehead atoms. The highest BCUT2D eigenvalue weighted by atomic mass is 19.1. The Morgan fingerprint density at radius 2 is 2.13 bits per heavy atom. The fraction of sp³-hybridized carbons (Fsp3) is 0.222. The van der Waals surface area contributed by atoms with Crippen molar-refractivity contribution in [1.29, 1.82) is 0 Å². The number of likely N-dealkylation sites (tertiary alicyclic amines) is 1. The van der Waals surface area contributed by atoms with Crippen molar-refractivity contribution in [3.05, 3.63) is 76.1 Å². The first-order chi connectivity index (χ1) is 11.2. The Balaban J connectivity index is 1.52. The van der Waals surface area contributed by atoms with Gasteiger partial charge in [0.25, 0.3) is 0 Å². The molecule has 5 heteroatoms. The summed E-state index contributed by atoms with van der Waals surface area (Å²) >= 11 is 0. The van der Waals surface area contributed by atoms with Crippen LogP contribution in [0.2, 0.25) is 0 Å². The van der Waals surface area contributed by atoms with Crippen LogP contribution in [0.15, 0.2) is 53.6 Å². The van der Waals surface area contributed by atoms with Gasteiger partial charge in [-0.2, -0.15) is 0 Å². The molecule has 1 aliphatic heterocycles. The van der Waals surface area contributed by atoms with Crippen LogP contribution >= 0.6 is 0 Å². The molecule has 1 aromatic carbocycles. The maximum atomic E-state index is 13.9. The van der Waals surface area contributed by atoms with E-state index in [9.17, 15) is 9.18 Å². The lowest BCUT2D eigenvalue weighted by atomic mass is 9.92. The first kappa shape index (κ1) is 14.1. The maximum Gasteiger partial charge on any atom is 0.189 e. The molecule has 0 unspecified atom stereocenters. The number of nitrogens with one attached hydrogen (secondary N) is 1. The summed E-state index contributed by atoms with van der Waals surface area (Å²) in [5.74, 6) is 0.0888. The summed E-state index contributed by atoms with van der Waals surface area (Å²) in [6.45, 7) is 2.46. The van der Waals surface area contributed by atoms with Gasteiger partial charge in [0.05, 0.1) is 5.52 Å². The monoisotopic (exact) mass is 309 g/mol. The van der Waals surface area contributed by atoms with Crippen molar-refractivity contribution in [3.8, 4) is 0 Å². The van der Waals surface area contributed by atoms with Crippen LogP contribution in [0.25, 0.3) is 10.9 Å². The lowest BCUT2D eigenvalue weighted by molar-refractivity contribution is 0.138. The van der Waals surface area contributed by atoms with Crippen LogP contribution < -0.4 is 5.43 Å². The van der Waals surface area contributed by atoms with Crippen LogP contribution in [-0.2, 0) is 6.54 Å². The first-order valence-electron chi connectivity index (χ1n) is 7.63. The second-order valence-electron chi connectivity index (χ2n) is 6.00. The van der Waals surface area contributed by atoms with E-state index in [2.05, 4.69) is 20.9 Å². The molecule has 4 nitrogen and oxygen atoms in total. The minimum Gasteiger partial charge on any atom is -0.355 e. The molecule has 0 amide bonds. The Morgan fingerprint density at radius 3 is 2.91 bits per heavy atom. The van der Waals surface area contributed by atoms with Crippen molar-refractivity contribution < 1.29 is 4.39 Å². The topological polar surface area (TPSA) is 49.0 Å². The van der Waals surface area contributed by atoms with Gasteiger partial charge in [0.15, 0.2) is 5.43 Å². The van der Waals surface area contributed by atoms with Crippen molar-refractivity contribution in [2.75, 3.05) is 13.1 Å². The molecule has 1 saturated heterocycles. The fourth-order valence-electron chi connectivity index (χ4n) is 3.14. The molecule has 2 aromatic heterocycles. The summed E-state index contributed by atoms with van der Waals surface area (Å²) in [7, 11) is 0. The van der Waals surface area contributed by atoms with Crippen molar-refractivity contribution in [2.45, 2.75) is 12.5 Å². The third-order valence-electron chi connectivity index (χ3n) is 4.38. The number of hydrogen-bond donors (Lipinski definition) is 1. The van der Waals surface area contributed by atoms with Gasteiger partial charge in [-0.3, -0.25) is 14.7 Å². The second kappa shape index (κ2) is 5.59. The Hall–Kier alpha value is -2.53. The number of H-pyrrole nitrogens is 1. The van der Waals surface area contributed by atoms with Gasteiger partial charge in [-0.15, -0.1) is 0 Å². The Bertz CT molecular complexity index is 901. The number of pyridine rings is 2. The Morgan fingerprint density at radius 1 is 1.26 bits per heavy atom. The average molecular weight is 309 g/mol. The number of hydrogen-bond acceptors (Lipinski definition) is 3. The molecule has 1 fully saturated rings. The van der Waals surface area contributed by atoms with Gasteiger partial charge >= 0.3 is 0 Å².